The van der Waals surface area contributed by atoms with Crippen LogP contribution < -0.4 is 19.6 Å². The number of ether oxygens (including phenoxy) is 3. The second kappa shape index (κ2) is 8.15. The molecular formula is C26H20O8. The van der Waals surface area contributed by atoms with Gasteiger partial charge in [-0.25, -0.2) is 0 Å². The quantitative estimate of drug-likeness (QED) is 0.342. The Labute approximate surface area is 193 Å². The van der Waals surface area contributed by atoms with Gasteiger partial charge < -0.3 is 28.8 Å². The highest BCUT2D eigenvalue weighted by Gasteiger charge is 2.34. The molecule has 0 bridgehead atoms. The van der Waals surface area contributed by atoms with Crippen LogP contribution in [0.25, 0.3) is 22.1 Å². The number of benzene rings is 3. The van der Waals surface area contributed by atoms with Crippen LogP contribution in [0.1, 0.15) is 23.5 Å². The molecule has 1 aromatic heterocycles. The van der Waals surface area contributed by atoms with Crippen molar-refractivity contribution >= 4 is 16.9 Å². The second-order valence-electron chi connectivity index (χ2n) is 7.86. The summed E-state index contributed by atoms with van der Waals surface area (Å²) < 4.78 is 21.8. The number of fused-ring (bicyclic) bond motifs is 3. The summed E-state index contributed by atoms with van der Waals surface area (Å²) in [6.45, 7) is 0. The van der Waals surface area contributed by atoms with E-state index in [9.17, 15) is 19.8 Å². The lowest BCUT2D eigenvalue weighted by Gasteiger charge is -2.26. The summed E-state index contributed by atoms with van der Waals surface area (Å²) in [5.41, 5.74) is 1.64. The number of esters is 1. The molecule has 0 aliphatic carbocycles. The number of phenols is 2. The number of rotatable bonds is 4. The summed E-state index contributed by atoms with van der Waals surface area (Å²) in [4.78, 5) is 25.8. The van der Waals surface area contributed by atoms with E-state index in [1.807, 2.05) is 6.07 Å². The van der Waals surface area contributed by atoms with Gasteiger partial charge in [0.05, 0.1) is 26.2 Å². The Morgan fingerprint density at radius 1 is 0.971 bits per heavy atom. The Hall–Kier alpha value is -4.46. The highest BCUT2D eigenvalue weighted by molar-refractivity contribution is 5.94. The first kappa shape index (κ1) is 21.4. The molecule has 0 fully saturated rings. The molecule has 0 radical (unpaired) electrons. The monoisotopic (exact) mass is 460 g/mol. The molecule has 34 heavy (non-hydrogen) atoms. The molecule has 0 saturated heterocycles. The minimum Gasteiger partial charge on any atom is -0.507 e. The maximum atomic E-state index is 13.4. The van der Waals surface area contributed by atoms with Crippen molar-refractivity contribution in [3.05, 3.63) is 76.1 Å². The molecule has 172 valence electrons. The number of hydrogen-bond acceptors (Lipinski definition) is 8. The number of aromatic hydroxyl groups is 2. The Balaban J connectivity index is 1.79. The van der Waals surface area contributed by atoms with Gasteiger partial charge in [-0.2, -0.15) is 0 Å². The molecule has 1 aliphatic rings. The van der Waals surface area contributed by atoms with Gasteiger partial charge in [0.2, 0.25) is 11.2 Å². The van der Waals surface area contributed by atoms with Gasteiger partial charge in [0.15, 0.2) is 11.5 Å². The summed E-state index contributed by atoms with van der Waals surface area (Å²) in [5, 5.41) is 21.0. The van der Waals surface area contributed by atoms with E-state index in [0.717, 1.165) is 0 Å². The zero-order valence-corrected chi connectivity index (χ0v) is 18.3. The summed E-state index contributed by atoms with van der Waals surface area (Å²) >= 11 is 0. The van der Waals surface area contributed by atoms with Crippen molar-refractivity contribution in [2.75, 3.05) is 14.2 Å². The van der Waals surface area contributed by atoms with Gasteiger partial charge in [-0.1, -0.05) is 30.3 Å². The number of methoxy groups -OCH3 is 2. The fourth-order valence-corrected chi connectivity index (χ4v) is 4.35. The van der Waals surface area contributed by atoms with Crippen molar-refractivity contribution in [1.29, 1.82) is 0 Å². The smallest absolute Gasteiger partial charge is 0.312 e. The molecule has 1 atom stereocenters. The molecule has 0 spiro atoms. The van der Waals surface area contributed by atoms with Crippen LogP contribution in [0.15, 0.2) is 64.0 Å². The average Bonchev–Trinajstić information content (AvgIpc) is 2.84. The lowest BCUT2D eigenvalue weighted by Crippen LogP contribution is -2.22. The first-order valence-corrected chi connectivity index (χ1v) is 10.4. The van der Waals surface area contributed by atoms with Crippen LogP contribution in [-0.2, 0) is 4.79 Å². The van der Waals surface area contributed by atoms with Crippen LogP contribution in [0.2, 0.25) is 0 Å². The van der Waals surface area contributed by atoms with Gasteiger partial charge >= 0.3 is 5.97 Å². The van der Waals surface area contributed by atoms with Crippen molar-refractivity contribution in [2.45, 2.75) is 12.3 Å². The van der Waals surface area contributed by atoms with Gasteiger partial charge in [-0.15, -0.1) is 0 Å². The highest BCUT2D eigenvalue weighted by atomic mass is 16.5. The Morgan fingerprint density at radius 3 is 2.29 bits per heavy atom. The van der Waals surface area contributed by atoms with Crippen molar-refractivity contribution < 1.29 is 33.6 Å². The predicted molar refractivity (Wildman–Crippen MR) is 123 cm³/mol. The van der Waals surface area contributed by atoms with Crippen molar-refractivity contribution in [1.82, 2.24) is 0 Å². The van der Waals surface area contributed by atoms with Crippen LogP contribution in [0.3, 0.4) is 0 Å². The number of carbonyl (C=O) groups excluding carboxylic acids is 1. The fraction of sp³-hybridized carbons (Fsp3) is 0.154. The Kier molecular flexibility index (Phi) is 5.13. The van der Waals surface area contributed by atoms with E-state index < -0.39 is 17.3 Å². The normalized spacial score (nSPS) is 15.0. The van der Waals surface area contributed by atoms with Gasteiger partial charge in [0.25, 0.3) is 0 Å². The molecule has 0 unspecified atom stereocenters. The molecule has 3 aromatic carbocycles. The highest BCUT2D eigenvalue weighted by Crippen LogP contribution is 2.48. The van der Waals surface area contributed by atoms with Crippen LogP contribution in [0.4, 0.5) is 0 Å². The van der Waals surface area contributed by atoms with Crippen molar-refractivity contribution in [3.63, 3.8) is 0 Å². The first-order chi connectivity index (χ1) is 16.4. The number of hydrogen-bond donors (Lipinski definition) is 2. The maximum Gasteiger partial charge on any atom is 0.312 e. The maximum absolute atomic E-state index is 13.4. The van der Waals surface area contributed by atoms with E-state index in [1.54, 1.807) is 36.4 Å². The largest absolute Gasteiger partial charge is 0.507 e. The minimum atomic E-state index is -0.617. The third-order valence-electron chi connectivity index (χ3n) is 5.96. The molecule has 8 heteroatoms. The zero-order valence-electron chi connectivity index (χ0n) is 18.3. The number of phenolic OH excluding ortho intramolecular Hbond substituents is 2. The summed E-state index contributed by atoms with van der Waals surface area (Å²) in [6.07, 6.45) is 1.28. The van der Waals surface area contributed by atoms with Crippen molar-refractivity contribution in [2.24, 2.45) is 0 Å². The molecule has 2 heterocycles. The van der Waals surface area contributed by atoms with E-state index in [0.29, 0.717) is 22.3 Å². The first-order valence-electron chi connectivity index (χ1n) is 10.4. The summed E-state index contributed by atoms with van der Waals surface area (Å²) in [5.74, 6) is -1.26. The molecule has 4 aromatic rings. The minimum absolute atomic E-state index is 0.0132. The standard InChI is InChI=1S/C26H20O8/c1-31-19-8-14(9-20(32-2)25(19)30)15-10-21(28)34-18-11-17(27)23-24(29)16(12-33-26(23)22(15)18)13-6-4-3-5-7-13/h3-9,11-12,15,27,30H,10H2,1-2H3/t15-/m0/s1. The van der Waals surface area contributed by atoms with E-state index in [1.165, 1.54) is 26.5 Å². The predicted octanol–water partition coefficient (Wildman–Crippen LogP) is 4.33. The Bertz CT molecular complexity index is 1460. The van der Waals surface area contributed by atoms with E-state index in [-0.39, 0.29) is 46.1 Å². The van der Waals surface area contributed by atoms with Gasteiger partial charge in [0, 0.05) is 17.5 Å². The van der Waals surface area contributed by atoms with E-state index >= 15 is 0 Å². The molecule has 0 amide bonds. The van der Waals surface area contributed by atoms with Gasteiger partial charge in [-0.3, -0.25) is 9.59 Å². The van der Waals surface area contributed by atoms with Crippen molar-refractivity contribution in [3.8, 4) is 39.9 Å². The summed E-state index contributed by atoms with van der Waals surface area (Å²) in [6, 6.07) is 13.4. The summed E-state index contributed by atoms with van der Waals surface area (Å²) in [7, 11) is 2.80. The second-order valence-corrected chi connectivity index (χ2v) is 7.86. The molecule has 8 nitrogen and oxygen atoms in total. The lowest BCUT2D eigenvalue weighted by molar-refractivity contribution is -0.135. The van der Waals surface area contributed by atoms with E-state index in [2.05, 4.69) is 0 Å². The molecule has 0 saturated carbocycles. The van der Waals surface area contributed by atoms with E-state index in [4.69, 9.17) is 18.6 Å². The Morgan fingerprint density at radius 2 is 1.65 bits per heavy atom. The fourth-order valence-electron chi connectivity index (χ4n) is 4.35. The SMILES string of the molecule is COc1cc([C@@H]2CC(=O)Oc3cc(O)c4c(=O)c(-c5ccccc5)coc4c32)cc(OC)c1O. The van der Waals surface area contributed by atoms with Crippen LogP contribution in [0, 0.1) is 0 Å². The lowest BCUT2D eigenvalue weighted by atomic mass is 9.84. The molecule has 1 aliphatic heterocycles. The third-order valence-corrected chi connectivity index (χ3v) is 5.96. The average molecular weight is 460 g/mol. The van der Waals surface area contributed by atoms with Crippen LogP contribution >= 0.6 is 0 Å². The zero-order chi connectivity index (χ0) is 24.0. The van der Waals surface area contributed by atoms with Crippen LogP contribution in [-0.4, -0.2) is 30.4 Å². The molecule has 5 rings (SSSR count). The third kappa shape index (κ3) is 3.31. The molecule has 2 N–H and O–H groups in total. The van der Waals surface area contributed by atoms with Crippen LogP contribution in [0.5, 0.6) is 28.7 Å². The molecular weight excluding hydrogens is 440 g/mol. The number of carbonyl (C=O) groups is 1. The topological polar surface area (TPSA) is 115 Å². The van der Waals surface area contributed by atoms with Gasteiger partial charge in [-0.05, 0) is 23.3 Å². The van der Waals surface area contributed by atoms with Gasteiger partial charge in [0.1, 0.15) is 28.7 Å².